The number of rotatable bonds is 7. The van der Waals surface area contributed by atoms with Crippen molar-refractivity contribution in [2.75, 3.05) is 24.5 Å². The first-order chi connectivity index (χ1) is 11.9. The van der Waals surface area contributed by atoms with E-state index >= 15 is 0 Å². The number of para-hydroxylation sites is 1. The molecule has 0 radical (unpaired) electrons. The number of carbonyl (C=O) groups is 1. The van der Waals surface area contributed by atoms with Crippen molar-refractivity contribution >= 4 is 11.6 Å². The molecular formula is C18H20F3N3O. The number of aromatic nitrogens is 1. The molecule has 1 N–H and O–H groups in total. The Hall–Kier alpha value is -2.57. The van der Waals surface area contributed by atoms with Crippen molar-refractivity contribution in [2.24, 2.45) is 0 Å². The summed E-state index contributed by atoms with van der Waals surface area (Å²) >= 11 is 0. The van der Waals surface area contributed by atoms with Crippen LogP contribution in [0.3, 0.4) is 0 Å². The van der Waals surface area contributed by atoms with E-state index in [1.807, 2.05) is 30.3 Å². The van der Waals surface area contributed by atoms with Gasteiger partial charge in [-0.25, -0.2) is 0 Å². The second-order valence-corrected chi connectivity index (χ2v) is 5.45. The molecule has 0 aliphatic heterocycles. The molecule has 1 amide bonds. The maximum Gasteiger partial charge on any atom is 0.433 e. The summed E-state index contributed by atoms with van der Waals surface area (Å²) in [7, 11) is 0. The summed E-state index contributed by atoms with van der Waals surface area (Å²) < 4.78 is 37.4. The number of halogens is 3. The van der Waals surface area contributed by atoms with E-state index in [1.165, 1.54) is 0 Å². The molecule has 7 heteroatoms. The molecule has 1 aromatic carbocycles. The van der Waals surface area contributed by atoms with E-state index in [4.69, 9.17) is 0 Å². The number of anilines is 1. The molecule has 134 valence electrons. The number of hydrogen-bond acceptors (Lipinski definition) is 3. The fourth-order valence-corrected chi connectivity index (χ4v) is 2.38. The Labute approximate surface area is 144 Å². The molecule has 0 bridgehead atoms. The maximum absolute atomic E-state index is 12.5. The second kappa shape index (κ2) is 8.50. The number of benzene rings is 1. The van der Waals surface area contributed by atoms with Crippen molar-refractivity contribution < 1.29 is 18.0 Å². The van der Waals surface area contributed by atoms with Crippen LogP contribution < -0.4 is 10.2 Å². The smallest absolute Gasteiger partial charge is 0.372 e. The highest BCUT2D eigenvalue weighted by Crippen LogP contribution is 2.27. The Kier molecular flexibility index (Phi) is 6.38. The molecular weight excluding hydrogens is 331 g/mol. The molecule has 0 spiro atoms. The lowest BCUT2D eigenvalue weighted by molar-refractivity contribution is -0.141. The van der Waals surface area contributed by atoms with Crippen LogP contribution in [0.4, 0.5) is 18.9 Å². The van der Waals surface area contributed by atoms with Gasteiger partial charge in [0, 0.05) is 31.5 Å². The third-order valence-corrected chi connectivity index (χ3v) is 3.71. The van der Waals surface area contributed by atoms with Crippen LogP contribution in [0.5, 0.6) is 0 Å². The van der Waals surface area contributed by atoms with Crippen LogP contribution in [-0.2, 0) is 6.18 Å². The van der Waals surface area contributed by atoms with Gasteiger partial charge in [-0.1, -0.05) is 18.2 Å². The van der Waals surface area contributed by atoms with Crippen LogP contribution in [0, 0.1) is 0 Å². The van der Waals surface area contributed by atoms with Gasteiger partial charge in [-0.3, -0.25) is 9.78 Å². The molecule has 0 saturated carbocycles. The average molecular weight is 351 g/mol. The van der Waals surface area contributed by atoms with Crippen LogP contribution in [0.1, 0.15) is 29.4 Å². The summed E-state index contributed by atoms with van der Waals surface area (Å²) in [4.78, 5) is 17.4. The number of pyridine rings is 1. The summed E-state index contributed by atoms with van der Waals surface area (Å²) in [6, 6.07) is 11.9. The Morgan fingerprint density at radius 3 is 2.44 bits per heavy atom. The highest BCUT2D eigenvalue weighted by molar-refractivity contribution is 5.93. The maximum atomic E-state index is 12.5. The lowest BCUT2D eigenvalue weighted by Crippen LogP contribution is -2.30. The van der Waals surface area contributed by atoms with Crippen LogP contribution >= 0.6 is 0 Å². The molecule has 25 heavy (non-hydrogen) atoms. The lowest BCUT2D eigenvalue weighted by Gasteiger charge is -2.23. The highest BCUT2D eigenvalue weighted by Gasteiger charge is 2.32. The van der Waals surface area contributed by atoms with Crippen LogP contribution in [-0.4, -0.2) is 30.5 Å². The van der Waals surface area contributed by atoms with E-state index in [1.54, 1.807) is 0 Å². The number of hydrogen-bond donors (Lipinski definition) is 1. The van der Waals surface area contributed by atoms with Crippen LogP contribution in [0.15, 0.2) is 48.7 Å². The van der Waals surface area contributed by atoms with E-state index in [9.17, 15) is 18.0 Å². The Balaban J connectivity index is 1.80. The molecule has 2 aromatic rings. The minimum absolute atomic E-state index is 0.114. The third kappa shape index (κ3) is 5.48. The molecule has 0 aliphatic rings. The van der Waals surface area contributed by atoms with E-state index in [0.29, 0.717) is 6.54 Å². The van der Waals surface area contributed by atoms with Gasteiger partial charge in [0.15, 0.2) is 0 Å². The summed E-state index contributed by atoms with van der Waals surface area (Å²) in [6.07, 6.45) is -2.83. The summed E-state index contributed by atoms with van der Waals surface area (Å²) in [5, 5.41) is 2.70. The van der Waals surface area contributed by atoms with Gasteiger partial charge in [-0.15, -0.1) is 0 Å². The first-order valence-corrected chi connectivity index (χ1v) is 8.03. The van der Waals surface area contributed by atoms with Crippen molar-refractivity contribution in [3.63, 3.8) is 0 Å². The average Bonchev–Trinajstić information content (AvgIpc) is 2.61. The lowest BCUT2D eigenvalue weighted by atomic mass is 10.2. The second-order valence-electron chi connectivity index (χ2n) is 5.45. The van der Waals surface area contributed by atoms with Gasteiger partial charge >= 0.3 is 6.18 Å². The van der Waals surface area contributed by atoms with E-state index in [-0.39, 0.29) is 5.56 Å². The Morgan fingerprint density at radius 1 is 1.16 bits per heavy atom. The summed E-state index contributed by atoms with van der Waals surface area (Å²) in [5.41, 5.74) is 0.220. The fourth-order valence-electron chi connectivity index (χ4n) is 2.38. The molecule has 0 saturated heterocycles. The number of carbonyl (C=O) groups excluding carboxylic acids is 1. The zero-order valence-corrected chi connectivity index (χ0v) is 13.9. The summed E-state index contributed by atoms with van der Waals surface area (Å²) in [5.74, 6) is -0.427. The molecule has 1 heterocycles. The number of nitrogens with one attached hydrogen (secondary N) is 1. The molecule has 0 fully saturated rings. The standard InChI is InChI=1S/C18H20F3N3O/c1-2-24(15-7-4-3-5-8-15)12-6-11-22-17(25)14-9-10-16(23-13-14)18(19,20)21/h3-5,7-10,13H,2,6,11-12H2,1H3,(H,22,25). The first kappa shape index (κ1) is 18.8. The zero-order valence-electron chi connectivity index (χ0n) is 13.9. The van der Waals surface area contributed by atoms with Gasteiger partial charge in [-0.05, 0) is 37.6 Å². The van der Waals surface area contributed by atoms with Crippen LogP contribution in [0.2, 0.25) is 0 Å². The SMILES string of the molecule is CCN(CCCNC(=O)c1ccc(C(F)(F)F)nc1)c1ccccc1. The Bertz CT molecular complexity index is 672. The van der Waals surface area contributed by atoms with Crippen molar-refractivity contribution in [3.8, 4) is 0 Å². The molecule has 0 unspecified atom stereocenters. The van der Waals surface area contributed by atoms with E-state index < -0.39 is 17.8 Å². The minimum Gasteiger partial charge on any atom is -0.372 e. The third-order valence-electron chi connectivity index (χ3n) is 3.71. The topological polar surface area (TPSA) is 45.2 Å². The number of alkyl halides is 3. The predicted octanol–water partition coefficient (Wildman–Crippen LogP) is 3.75. The van der Waals surface area contributed by atoms with Gasteiger partial charge in [0.2, 0.25) is 0 Å². The largest absolute Gasteiger partial charge is 0.433 e. The normalized spacial score (nSPS) is 11.2. The quantitative estimate of drug-likeness (QED) is 0.773. The molecule has 4 nitrogen and oxygen atoms in total. The minimum atomic E-state index is -4.50. The van der Waals surface area contributed by atoms with Gasteiger partial charge in [-0.2, -0.15) is 13.2 Å². The number of nitrogens with zero attached hydrogens (tertiary/aromatic N) is 2. The predicted molar refractivity (Wildman–Crippen MR) is 90.5 cm³/mol. The van der Waals surface area contributed by atoms with E-state index in [2.05, 4.69) is 22.1 Å². The number of amides is 1. The first-order valence-electron chi connectivity index (χ1n) is 8.03. The zero-order chi connectivity index (χ0) is 18.3. The monoisotopic (exact) mass is 351 g/mol. The molecule has 0 atom stereocenters. The molecule has 2 rings (SSSR count). The summed E-state index contributed by atoms with van der Waals surface area (Å²) in [6.45, 7) is 4.11. The Morgan fingerprint density at radius 2 is 1.88 bits per heavy atom. The van der Waals surface area contributed by atoms with Crippen LogP contribution in [0.25, 0.3) is 0 Å². The highest BCUT2D eigenvalue weighted by atomic mass is 19.4. The van der Waals surface area contributed by atoms with E-state index in [0.717, 1.165) is 43.5 Å². The van der Waals surface area contributed by atoms with Gasteiger partial charge < -0.3 is 10.2 Å². The van der Waals surface area contributed by atoms with Crippen molar-refractivity contribution in [3.05, 3.63) is 59.9 Å². The van der Waals surface area contributed by atoms with Crippen molar-refractivity contribution in [1.29, 1.82) is 0 Å². The van der Waals surface area contributed by atoms with Gasteiger partial charge in [0.1, 0.15) is 5.69 Å². The van der Waals surface area contributed by atoms with Crippen molar-refractivity contribution in [1.82, 2.24) is 10.3 Å². The molecule has 0 aliphatic carbocycles. The fraction of sp³-hybridized carbons (Fsp3) is 0.333. The van der Waals surface area contributed by atoms with Crippen molar-refractivity contribution in [2.45, 2.75) is 19.5 Å². The van der Waals surface area contributed by atoms with Gasteiger partial charge in [0.05, 0.1) is 5.56 Å². The van der Waals surface area contributed by atoms with Gasteiger partial charge in [0.25, 0.3) is 5.91 Å². The molecule has 1 aromatic heterocycles.